The van der Waals surface area contributed by atoms with E-state index < -0.39 is 0 Å². The minimum absolute atomic E-state index is 0.174. The topological polar surface area (TPSA) is 79.9 Å². The number of fused-ring (bicyclic) bond motifs is 3. The van der Waals surface area contributed by atoms with Crippen molar-refractivity contribution in [2.24, 2.45) is 0 Å². The van der Waals surface area contributed by atoms with E-state index in [9.17, 15) is 4.79 Å². The zero-order chi connectivity index (χ0) is 23.8. The largest absolute Gasteiger partial charge is 0.493 e. The van der Waals surface area contributed by atoms with Crippen molar-refractivity contribution in [3.63, 3.8) is 0 Å². The molecule has 0 aliphatic heterocycles. The molecule has 0 saturated carbocycles. The number of hydrogen-bond acceptors (Lipinski definition) is 6. The van der Waals surface area contributed by atoms with Crippen molar-refractivity contribution < 1.29 is 14.2 Å². The van der Waals surface area contributed by atoms with Gasteiger partial charge in [0.15, 0.2) is 17.3 Å². The van der Waals surface area contributed by atoms with E-state index in [2.05, 4.69) is 10.2 Å². The Hall–Kier alpha value is -4.04. The van der Waals surface area contributed by atoms with E-state index in [-0.39, 0.29) is 12.1 Å². The average Bonchev–Trinajstić information content (AvgIpc) is 3.32. The summed E-state index contributed by atoms with van der Waals surface area (Å²) >= 11 is 6.39. The standard InChI is InChI=1S/C25H21ClN4O4/c1-32-20-12-16(13-21(33-2)22(20)34-3)23-27-28-25-29(14-15-8-4-6-10-18(15)26)24(31)17-9-5-7-11-19(17)30(23)25/h4-13H,14H2,1-3H3. The Labute approximate surface area is 199 Å². The molecule has 3 aromatic carbocycles. The van der Waals surface area contributed by atoms with Gasteiger partial charge in [0.1, 0.15) is 0 Å². The molecule has 2 aromatic heterocycles. The number of hydrogen-bond donors (Lipinski definition) is 0. The maximum absolute atomic E-state index is 13.5. The third-order valence-electron chi connectivity index (χ3n) is 5.72. The van der Waals surface area contributed by atoms with Crippen LogP contribution in [0.4, 0.5) is 0 Å². The summed E-state index contributed by atoms with van der Waals surface area (Å²) in [6.45, 7) is 0.250. The molecule has 0 radical (unpaired) electrons. The lowest BCUT2D eigenvalue weighted by Crippen LogP contribution is -2.24. The molecular weight excluding hydrogens is 456 g/mol. The number of halogens is 1. The van der Waals surface area contributed by atoms with E-state index in [0.29, 0.717) is 50.3 Å². The van der Waals surface area contributed by atoms with Gasteiger partial charge in [-0.1, -0.05) is 41.9 Å². The fourth-order valence-electron chi connectivity index (χ4n) is 4.09. The number of ether oxygens (including phenoxy) is 3. The second kappa shape index (κ2) is 8.72. The predicted molar refractivity (Wildman–Crippen MR) is 130 cm³/mol. The maximum atomic E-state index is 13.5. The number of nitrogens with zero attached hydrogens (tertiary/aromatic N) is 4. The molecular formula is C25H21ClN4O4. The molecule has 0 aliphatic carbocycles. The van der Waals surface area contributed by atoms with Gasteiger partial charge in [0, 0.05) is 10.6 Å². The van der Waals surface area contributed by atoms with Crippen molar-refractivity contribution in [3.05, 3.63) is 81.6 Å². The molecule has 0 saturated heterocycles. The fraction of sp³-hybridized carbons (Fsp3) is 0.160. The van der Waals surface area contributed by atoms with Crippen LogP contribution in [-0.4, -0.2) is 40.5 Å². The Bertz CT molecular complexity index is 1570. The average molecular weight is 477 g/mol. The quantitative estimate of drug-likeness (QED) is 0.360. The third kappa shape index (κ3) is 3.43. The van der Waals surface area contributed by atoms with Crippen molar-refractivity contribution >= 4 is 28.3 Å². The van der Waals surface area contributed by atoms with Gasteiger partial charge in [-0.2, -0.15) is 0 Å². The molecule has 0 fully saturated rings. The highest BCUT2D eigenvalue weighted by molar-refractivity contribution is 6.31. The summed E-state index contributed by atoms with van der Waals surface area (Å²) in [7, 11) is 4.66. The van der Waals surface area contributed by atoms with Crippen LogP contribution in [0.25, 0.3) is 28.1 Å². The van der Waals surface area contributed by atoms with Crippen molar-refractivity contribution in [3.8, 4) is 28.6 Å². The van der Waals surface area contributed by atoms with Crippen LogP contribution in [-0.2, 0) is 6.54 Å². The highest BCUT2D eigenvalue weighted by atomic mass is 35.5. The molecule has 0 spiro atoms. The molecule has 34 heavy (non-hydrogen) atoms. The minimum Gasteiger partial charge on any atom is -0.493 e. The first-order chi connectivity index (χ1) is 16.6. The SMILES string of the molecule is COc1cc(-c2nnc3n(Cc4ccccc4Cl)c(=O)c4ccccc4n23)cc(OC)c1OC. The first-order valence-corrected chi connectivity index (χ1v) is 10.9. The zero-order valence-corrected chi connectivity index (χ0v) is 19.5. The number of rotatable bonds is 6. The first kappa shape index (κ1) is 21.8. The van der Waals surface area contributed by atoms with Gasteiger partial charge >= 0.3 is 0 Å². The van der Waals surface area contributed by atoms with Gasteiger partial charge in [-0.15, -0.1) is 10.2 Å². The van der Waals surface area contributed by atoms with Crippen molar-refractivity contribution in [1.29, 1.82) is 0 Å². The predicted octanol–water partition coefficient (Wildman–Crippen LogP) is 4.44. The lowest BCUT2D eigenvalue weighted by atomic mass is 10.1. The van der Waals surface area contributed by atoms with Crippen LogP contribution in [0.2, 0.25) is 5.02 Å². The summed E-state index contributed by atoms with van der Waals surface area (Å²) in [5.74, 6) is 2.37. The van der Waals surface area contributed by atoms with Gasteiger partial charge in [-0.3, -0.25) is 13.8 Å². The molecule has 5 aromatic rings. The van der Waals surface area contributed by atoms with E-state index in [1.165, 1.54) is 0 Å². The zero-order valence-electron chi connectivity index (χ0n) is 18.8. The lowest BCUT2D eigenvalue weighted by Gasteiger charge is -2.15. The van der Waals surface area contributed by atoms with Crippen LogP contribution in [0.5, 0.6) is 17.2 Å². The number of para-hydroxylation sites is 1. The summed E-state index contributed by atoms with van der Waals surface area (Å²) in [6, 6.07) is 18.4. The van der Waals surface area contributed by atoms with Crippen molar-refractivity contribution in [2.45, 2.75) is 6.54 Å². The van der Waals surface area contributed by atoms with E-state index >= 15 is 0 Å². The molecule has 172 valence electrons. The van der Waals surface area contributed by atoms with Crippen LogP contribution in [0.3, 0.4) is 0 Å². The normalized spacial score (nSPS) is 11.2. The van der Waals surface area contributed by atoms with E-state index in [1.807, 2.05) is 40.8 Å². The molecule has 0 N–H and O–H groups in total. The summed E-state index contributed by atoms with van der Waals surface area (Å²) < 4.78 is 19.9. The van der Waals surface area contributed by atoms with Gasteiger partial charge < -0.3 is 14.2 Å². The smallest absolute Gasteiger partial charge is 0.263 e. The highest BCUT2D eigenvalue weighted by Gasteiger charge is 2.21. The lowest BCUT2D eigenvalue weighted by molar-refractivity contribution is 0.324. The van der Waals surface area contributed by atoms with Gasteiger partial charge in [-0.05, 0) is 35.9 Å². The number of methoxy groups -OCH3 is 3. The molecule has 2 heterocycles. The van der Waals surface area contributed by atoms with E-state index in [0.717, 1.165) is 5.56 Å². The van der Waals surface area contributed by atoms with Crippen LogP contribution in [0.1, 0.15) is 5.56 Å². The van der Waals surface area contributed by atoms with E-state index in [4.69, 9.17) is 25.8 Å². The van der Waals surface area contributed by atoms with Gasteiger partial charge in [0.2, 0.25) is 11.5 Å². The van der Waals surface area contributed by atoms with Gasteiger partial charge in [-0.25, -0.2) is 0 Å². The molecule has 9 heteroatoms. The second-order valence-electron chi connectivity index (χ2n) is 7.57. The summed E-state index contributed by atoms with van der Waals surface area (Å²) in [5, 5.41) is 9.97. The Kier molecular flexibility index (Phi) is 5.59. The summed E-state index contributed by atoms with van der Waals surface area (Å²) in [4.78, 5) is 13.5. The minimum atomic E-state index is -0.174. The Balaban J connectivity index is 1.83. The molecule has 5 rings (SSSR count). The third-order valence-corrected chi connectivity index (χ3v) is 6.09. The Morgan fingerprint density at radius 1 is 0.882 bits per heavy atom. The number of aromatic nitrogens is 4. The van der Waals surface area contributed by atoms with Gasteiger partial charge in [0.05, 0.1) is 38.8 Å². The van der Waals surface area contributed by atoms with Crippen molar-refractivity contribution in [1.82, 2.24) is 19.2 Å². The van der Waals surface area contributed by atoms with Gasteiger partial charge in [0.25, 0.3) is 5.56 Å². The van der Waals surface area contributed by atoms with Crippen LogP contribution >= 0.6 is 11.6 Å². The number of benzene rings is 3. The van der Waals surface area contributed by atoms with E-state index in [1.54, 1.807) is 50.2 Å². The summed E-state index contributed by atoms with van der Waals surface area (Å²) in [6.07, 6.45) is 0. The van der Waals surface area contributed by atoms with Crippen LogP contribution < -0.4 is 19.8 Å². The Morgan fingerprint density at radius 3 is 2.24 bits per heavy atom. The van der Waals surface area contributed by atoms with Crippen molar-refractivity contribution in [2.75, 3.05) is 21.3 Å². The first-order valence-electron chi connectivity index (χ1n) is 10.5. The summed E-state index contributed by atoms with van der Waals surface area (Å²) in [5.41, 5.74) is 2.01. The molecule has 0 bridgehead atoms. The molecule has 0 unspecified atom stereocenters. The highest BCUT2D eigenvalue weighted by Crippen LogP contribution is 2.41. The molecule has 8 nitrogen and oxygen atoms in total. The molecule has 0 atom stereocenters. The monoisotopic (exact) mass is 476 g/mol. The van der Waals surface area contributed by atoms with Crippen LogP contribution in [0.15, 0.2) is 65.5 Å². The van der Waals surface area contributed by atoms with Crippen LogP contribution in [0, 0.1) is 0 Å². The maximum Gasteiger partial charge on any atom is 0.263 e. The second-order valence-corrected chi connectivity index (χ2v) is 7.98. The molecule has 0 amide bonds. The Morgan fingerprint density at radius 2 is 1.56 bits per heavy atom. The molecule has 0 aliphatic rings. The fourth-order valence-corrected chi connectivity index (χ4v) is 4.29.